The van der Waals surface area contributed by atoms with Gasteiger partial charge in [-0.1, -0.05) is 19.4 Å². The fraction of sp³-hybridized carbons (Fsp3) is 0.588. The topological polar surface area (TPSA) is 67.6 Å². The van der Waals surface area contributed by atoms with Crippen LogP contribution in [0, 0.1) is 0 Å². The minimum atomic E-state index is -4.72. The molecule has 1 aromatic rings. The summed E-state index contributed by atoms with van der Waals surface area (Å²) in [5.74, 6) is -0.453. The molecule has 1 aromatic carbocycles. The maximum absolute atomic E-state index is 12.3. The van der Waals surface area contributed by atoms with Crippen LogP contribution in [0.2, 0.25) is 0 Å². The molecule has 5 nitrogen and oxygen atoms in total. The number of nitrogens with two attached hydrogens (primary N) is 1. The number of carbonyl (C=O) groups excluding carboxylic acids is 1. The van der Waals surface area contributed by atoms with E-state index in [1.807, 2.05) is 11.8 Å². The number of ether oxygens (including phenoxy) is 1. The van der Waals surface area contributed by atoms with E-state index in [-0.39, 0.29) is 30.1 Å². The van der Waals surface area contributed by atoms with Crippen LogP contribution in [0.1, 0.15) is 33.1 Å². The van der Waals surface area contributed by atoms with Crippen LogP contribution in [0.3, 0.4) is 0 Å². The molecule has 2 unspecified atom stereocenters. The average molecular weight is 396 g/mol. The van der Waals surface area contributed by atoms with Crippen molar-refractivity contribution < 1.29 is 22.7 Å². The Morgan fingerprint density at radius 3 is 2.73 bits per heavy atom. The van der Waals surface area contributed by atoms with Gasteiger partial charge in [0.05, 0.1) is 5.54 Å². The summed E-state index contributed by atoms with van der Waals surface area (Å²) in [6.07, 6.45) is -2.61. The molecule has 3 N–H and O–H groups in total. The lowest BCUT2D eigenvalue weighted by atomic mass is 9.96. The Balaban J connectivity index is 0.00000338. The molecular formula is C17H25ClF3N3O2. The number of hydrogen-bond donors (Lipinski definition) is 2. The highest BCUT2D eigenvalue weighted by Crippen LogP contribution is 2.28. The molecule has 148 valence electrons. The zero-order valence-corrected chi connectivity index (χ0v) is 15.6. The second-order valence-electron chi connectivity index (χ2n) is 6.62. The highest BCUT2D eigenvalue weighted by molar-refractivity contribution is 5.86. The van der Waals surface area contributed by atoms with Gasteiger partial charge in [0.25, 0.3) is 0 Å². The first-order chi connectivity index (χ1) is 11.6. The molecule has 0 aromatic heterocycles. The fourth-order valence-corrected chi connectivity index (χ4v) is 2.97. The van der Waals surface area contributed by atoms with Crippen LogP contribution in [0.4, 0.5) is 18.9 Å². The van der Waals surface area contributed by atoms with E-state index in [9.17, 15) is 18.0 Å². The molecule has 0 radical (unpaired) electrons. The van der Waals surface area contributed by atoms with E-state index in [1.54, 1.807) is 13.0 Å². The largest absolute Gasteiger partial charge is 0.573 e. The minimum absolute atomic E-state index is 0. The second-order valence-corrected chi connectivity index (χ2v) is 6.62. The van der Waals surface area contributed by atoms with Crippen LogP contribution in [0.5, 0.6) is 5.75 Å². The van der Waals surface area contributed by atoms with Gasteiger partial charge in [-0.25, -0.2) is 0 Å². The lowest BCUT2D eigenvalue weighted by molar-refractivity contribution is -0.274. The van der Waals surface area contributed by atoms with E-state index in [0.29, 0.717) is 31.6 Å². The zero-order valence-electron chi connectivity index (χ0n) is 14.8. The van der Waals surface area contributed by atoms with Crippen LogP contribution in [-0.2, 0) is 4.79 Å². The Morgan fingerprint density at radius 2 is 2.12 bits per heavy atom. The quantitative estimate of drug-likeness (QED) is 0.776. The summed E-state index contributed by atoms with van der Waals surface area (Å²) >= 11 is 0. The van der Waals surface area contributed by atoms with E-state index in [0.717, 1.165) is 6.42 Å². The molecule has 0 aliphatic carbocycles. The van der Waals surface area contributed by atoms with Gasteiger partial charge in [-0.2, -0.15) is 0 Å². The predicted octanol–water partition coefficient (Wildman–Crippen LogP) is 3.22. The van der Waals surface area contributed by atoms with E-state index in [1.165, 1.54) is 18.2 Å². The number of amides is 1. The Labute approximate surface area is 157 Å². The monoisotopic (exact) mass is 395 g/mol. The molecule has 0 spiro atoms. The summed E-state index contributed by atoms with van der Waals surface area (Å²) in [7, 11) is 0. The second kappa shape index (κ2) is 8.81. The van der Waals surface area contributed by atoms with Crippen molar-refractivity contribution in [2.24, 2.45) is 5.73 Å². The molecule has 1 heterocycles. The molecule has 0 saturated carbocycles. The Bertz CT molecular complexity index is 611. The van der Waals surface area contributed by atoms with E-state index in [4.69, 9.17) is 5.73 Å². The number of halogens is 4. The Morgan fingerprint density at radius 1 is 1.42 bits per heavy atom. The minimum Gasteiger partial charge on any atom is -0.406 e. The number of carbonyl (C=O) groups is 1. The van der Waals surface area contributed by atoms with Gasteiger partial charge >= 0.3 is 6.36 Å². The number of nitrogens with zero attached hydrogens (tertiary/aromatic N) is 1. The molecule has 1 aliphatic heterocycles. The molecule has 26 heavy (non-hydrogen) atoms. The first-order valence-corrected chi connectivity index (χ1v) is 8.31. The fourth-order valence-electron chi connectivity index (χ4n) is 2.97. The van der Waals surface area contributed by atoms with Crippen molar-refractivity contribution in [3.63, 3.8) is 0 Å². The van der Waals surface area contributed by atoms with Gasteiger partial charge in [-0.05, 0) is 31.9 Å². The van der Waals surface area contributed by atoms with E-state index in [2.05, 4.69) is 10.1 Å². The van der Waals surface area contributed by atoms with Crippen LogP contribution < -0.4 is 20.7 Å². The molecule has 9 heteroatoms. The van der Waals surface area contributed by atoms with Crippen molar-refractivity contribution >= 4 is 24.0 Å². The van der Waals surface area contributed by atoms with E-state index >= 15 is 0 Å². The Hall–Kier alpha value is -1.67. The molecule has 1 fully saturated rings. The highest BCUT2D eigenvalue weighted by atomic mass is 35.5. The molecule has 1 amide bonds. The normalized spacial score (nSPS) is 19.5. The number of alkyl halides is 3. The summed E-state index contributed by atoms with van der Waals surface area (Å²) in [6, 6.07) is 5.76. The van der Waals surface area contributed by atoms with Crippen molar-refractivity contribution in [3.05, 3.63) is 24.3 Å². The van der Waals surface area contributed by atoms with Crippen LogP contribution in [0.15, 0.2) is 24.3 Å². The molecule has 1 saturated heterocycles. The molecule has 2 rings (SSSR count). The van der Waals surface area contributed by atoms with Gasteiger partial charge in [-0.3, -0.25) is 4.79 Å². The molecular weight excluding hydrogens is 371 g/mol. The first kappa shape index (κ1) is 22.4. The third-order valence-electron chi connectivity index (χ3n) is 4.23. The lowest BCUT2D eigenvalue weighted by Gasteiger charge is -2.25. The summed E-state index contributed by atoms with van der Waals surface area (Å²) in [5.41, 5.74) is 5.74. The number of rotatable bonds is 6. The average Bonchev–Trinajstić information content (AvgIpc) is 2.94. The Kier molecular flexibility index (Phi) is 7.58. The van der Waals surface area contributed by atoms with Crippen molar-refractivity contribution in [2.45, 2.75) is 51.1 Å². The number of hydrogen-bond acceptors (Lipinski definition) is 4. The zero-order chi connectivity index (χ0) is 18.7. The lowest BCUT2D eigenvalue weighted by Crippen LogP contribution is -2.54. The van der Waals surface area contributed by atoms with Gasteiger partial charge in [0.15, 0.2) is 0 Å². The van der Waals surface area contributed by atoms with Crippen molar-refractivity contribution in [1.29, 1.82) is 0 Å². The van der Waals surface area contributed by atoms with Crippen LogP contribution in [-0.4, -0.2) is 36.9 Å². The van der Waals surface area contributed by atoms with Gasteiger partial charge < -0.3 is 20.7 Å². The number of benzene rings is 1. The summed E-state index contributed by atoms with van der Waals surface area (Å²) in [5, 5.41) is 2.94. The van der Waals surface area contributed by atoms with Crippen molar-refractivity contribution in [1.82, 2.24) is 5.32 Å². The van der Waals surface area contributed by atoms with Crippen LogP contribution >= 0.6 is 12.4 Å². The number of anilines is 1. The smallest absolute Gasteiger partial charge is 0.406 e. The highest BCUT2D eigenvalue weighted by Gasteiger charge is 2.33. The standard InChI is InChI=1S/C17H24F3N3O2.ClH/c1-3-8-16(2,21)15(24)22-12-7-9-23(11-12)13-5-4-6-14(10-13)25-17(18,19)20;/h4-6,10,12H,3,7-9,11,21H2,1-2H3,(H,22,24);1H. The predicted molar refractivity (Wildman–Crippen MR) is 96.6 cm³/mol. The van der Waals surface area contributed by atoms with Crippen LogP contribution in [0.25, 0.3) is 0 Å². The van der Waals surface area contributed by atoms with Crippen molar-refractivity contribution in [2.75, 3.05) is 18.0 Å². The molecule has 1 aliphatic rings. The summed E-state index contributed by atoms with van der Waals surface area (Å²) in [6.45, 7) is 4.82. The van der Waals surface area contributed by atoms with Gasteiger partial charge in [0, 0.05) is 30.9 Å². The van der Waals surface area contributed by atoms with Gasteiger partial charge in [-0.15, -0.1) is 25.6 Å². The summed E-state index contributed by atoms with van der Waals surface area (Å²) in [4.78, 5) is 14.2. The van der Waals surface area contributed by atoms with E-state index < -0.39 is 11.9 Å². The number of nitrogens with one attached hydrogen (secondary N) is 1. The first-order valence-electron chi connectivity index (χ1n) is 8.31. The van der Waals surface area contributed by atoms with Gasteiger partial charge in [0.1, 0.15) is 5.75 Å². The third kappa shape index (κ3) is 6.25. The van der Waals surface area contributed by atoms with Crippen molar-refractivity contribution in [3.8, 4) is 5.75 Å². The third-order valence-corrected chi connectivity index (χ3v) is 4.23. The van der Waals surface area contributed by atoms with Gasteiger partial charge in [0.2, 0.25) is 5.91 Å². The maximum Gasteiger partial charge on any atom is 0.573 e. The molecule has 2 atom stereocenters. The SMILES string of the molecule is CCCC(C)(N)C(=O)NC1CCN(c2cccc(OC(F)(F)F)c2)C1.Cl. The molecule has 0 bridgehead atoms. The summed E-state index contributed by atoms with van der Waals surface area (Å²) < 4.78 is 41.0. The maximum atomic E-state index is 12.3.